The quantitative estimate of drug-likeness (QED) is 0.823. The first-order valence-corrected chi connectivity index (χ1v) is 6.76. The van der Waals surface area contributed by atoms with Crippen LogP contribution in [-0.4, -0.2) is 23.1 Å². The number of benzene rings is 1. The summed E-state index contributed by atoms with van der Waals surface area (Å²) in [7, 11) is 2.06. The molecule has 7 heteroatoms. The van der Waals surface area contributed by atoms with E-state index in [1.54, 1.807) is 6.92 Å². The van der Waals surface area contributed by atoms with Crippen molar-refractivity contribution in [2.24, 2.45) is 5.73 Å². The molecule has 0 heterocycles. The Morgan fingerprint density at radius 2 is 1.94 bits per heavy atom. The number of nitrogens with two attached hydrogens (primary N) is 1. The number of carbonyl (C=O) groups excluding carboxylic acids is 1. The summed E-state index contributed by atoms with van der Waals surface area (Å²) in [6.45, 7) is 2.06. The highest BCUT2D eigenvalue weighted by Gasteiger charge is 1.98. The molecule has 0 saturated carbocycles. The molecule has 0 unspecified atom stereocenters. The van der Waals surface area contributed by atoms with E-state index >= 15 is 0 Å². The number of hydrogen-bond acceptors (Lipinski definition) is 5. The van der Waals surface area contributed by atoms with Gasteiger partial charge in [-0.2, -0.15) is 0 Å². The molecule has 1 aromatic carbocycles. The highest BCUT2D eigenvalue weighted by molar-refractivity contribution is 8.82. The van der Waals surface area contributed by atoms with Crippen LogP contribution in [-0.2, 0) is 4.74 Å². The van der Waals surface area contributed by atoms with E-state index in [-0.39, 0.29) is 0 Å². The summed E-state index contributed by atoms with van der Waals surface area (Å²) in [6.07, 6.45) is -0.711. The second kappa shape index (κ2) is 9.86. The fraction of sp³-hybridized carbons (Fsp3) is 0.200. The summed E-state index contributed by atoms with van der Waals surface area (Å²) in [5.74, 6) is 0. The van der Waals surface area contributed by atoms with Crippen molar-refractivity contribution in [1.82, 2.24) is 0 Å². The van der Waals surface area contributed by atoms with Crippen LogP contribution in [0.25, 0.3) is 0 Å². The summed E-state index contributed by atoms with van der Waals surface area (Å²) in [5.41, 5.74) is 4.54. The van der Waals surface area contributed by atoms with Crippen molar-refractivity contribution >= 4 is 33.0 Å². The number of carboxylic acid groups (broad SMARTS) is 1. The molecule has 0 fully saturated rings. The summed E-state index contributed by atoms with van der Waals surface area (Å²) in [4.78, 5) is 20.7. The maximum Gasteiger partial charge on any atom is 0.404 e. The largest absolute Gasteiger partial charge is 0.473 e. The lowest BCUT2D eigenvalue weighted by molar-refractivity contribution is 0.163. The van der Waals surface area contributed by atoms with Crippen LogP contribution in [0.1, 0.15) is 6.92 Å². The van der Waals surface area contributed by atoms with Gasteiger partial charge in [-0.1, -0.05) is 18.2 Å². The monoisotopic (exact) mass is 275 g/mol. The topological polar surface area (TPSA) is 89.6 Å². The third kappa shape index (κ3) is 10.9. The van der Waals surface area contributed by atoms with Gasteiger partial charge in [0.25, 0.3) is 0 Å². The predicted molar refractivity (Wildman–Crippen MR) is 69.1 cm³/mol. The van der Waals surface area contributed by atoms with E-state index in [0.29, 0.717) is 6.61 Å². The van der Waals surface area contributed by atoms with Gasteiger partial charge in [-0.25, -0.2) is 9.59 Å². The average molecular weight is 275 g/mol. The van der Waals surface area contributed by atoms with Crippen LogP contribution in [0.15, 0.2) is 35.2 Å². The van der Waals surface area contributed by atoms with Gasteiger partial charge in [-0.15, -0.1) is 0 Å². The molecule has 1 amide bonds. The Morgan fingerprint density at radius 3 is 2.29 bits per heavy atom. The van der Waals surface area contributed by atoms with E-state index < -0.39 is 11.4 Å². The minimum atomic E-state index is -0.862. The molecule has 0 bridgehead atoms. The van der Waals surface area contributed by atoms with E-state index in [0.717, 1.165) is 15.7 Å². The lowest BCUT2D eigenvalue weighted by Crippen LogP contribution is -2.11. The Morgan fingerprint density at radius 1 is 1.35 bits per heavy atom. The molecule has 0 aromatic heterocycles. The zero-order chi connectivity index (χ0) is 13.1. The molecule has 0 aliphatic rings. The van der Waals surface area contributed by atoms with E-state index in [9.17, 15) is 9.59 Å². The predicted octanol–water partition coefficient (Wildman–Crippen LogP) is 3.21. The SMILES string of the molecule is CCOC(N)=O.O=C(O)SSc1ccccc1. The maximum absolute atomic E-state index is 10.1. The highest BCUT2D eigenvalue weighted by atomic mass is 33.1. The third-order valence-corrected chi connectivity index (χ3v) is 3.18. The molecule has 17 heavy (non-hydrogen) atoms. The van der Waals surface area contributed by atoms with E-state index in [1.165, 1.54) is 10.8 Å². The minimum absolute atomic E-state index is 0.356. The van der Waals surface area contributed by atoms with Crippen LogP contribution in [0.4, 0.5) is 9.59 Å². The molecular weight excluding hydrogens is 262 g/mol. The van der Waals surface area contributed by atoms with Crippen molar-refractivity contribution in [1.29, 1.82) is 0 Å². The van der Waals surface area contributed by atoms with Gasteiger partial charge in [0.1, 0.15) is 0 Å². The number of ether oxygens (including phenoxy) is 1. The molecule has 0 spiro atoms. The summed E-state index contributed by atoms with van der Waals surface area (Å²) in [5, 5.41) is 7.45. The molecule has 1 rings (SSSR count). The molecule has 0 saturated heterocycles. The van der Waals surface area contributed by atoms with Crippen LogP contribution in [0, 0.1) is 0 Å². The second-order valence-corrected chi connectivity index (χ2v) is 4.65. The zero-order valence-corrected chi connectivity index (χ0v) is 10.8. The number of amides is 1. The van der Waals surface area contributed by atoms with Crippen molar-refractivity contribution in [2.75, 3.05) is 6.61 Å². The van der Waals surface area contributed by atoms with Crippen molar-refractivity contribution in [2.45, 2.75) is 11.8 Å². The van der Waals surface area contributed by atoms with Crippen molar-refractivity contribution in [3.8, 4) is 0 Å². The van der Waals surface area contributed by atoms with Gasteiger partial charge >= 0.3 is 11.4 Å². The lowest BCUT2D eigenvalue weighted by Gasteiger charge is -1.93. The molecule has 0 radical (unpaired) electrons. The number of hydrogen-bond donors (Lipinski definition) is 2. The van der Waals surface area contributed by atoms with Crippen LogP contribution < -0.4 is 5.73 Å². The molecule has 0 atom stereocenters. The van der Waals surface area contributed by atoms with Crippen molar-refractivity contribution in [3.05, 3.63) is 30.3 Å². The fourth-order valence-corrected chi connectivity index (χ4v) is 1.97. The third-order valence-electron chi connectivity index (χ3n) is 1.24. The first-order valence-electron chi connectivity index (χ1n) is 4.61. The van der Waals surface area contributed by atoms with Gasteiger partial charge in [-0.05, 0) is 29.9 Å². The number of primary amides is 1. The number of carbonyl (C=O) groups is 2. The smallest absolute Gasteiger partial charge is 0.404 e. The normalized spacial score (nSPS) is 8.76. The van der Waals surface area contributed by atoms with Gasteiger partial charge in [-0.3, -0.25) is 0 Å². The summed E-state index contributed by atoms with van der Waals surface area (Å²) >= 11 is 0. The lowest BCUT2D eigenvalue weighted by atomic mass is 10.4. The van der Waals surface area contributed by atoms with Gasteiger partial charge in [0.2, 0.25) is 0 Å². The van der Waals surface area contributed by atoms with E-state index in [4.69, 9.17) is 5.11 Å². The van der Waals surface area contributed by atoms with Crippen LogP contribution in [0.2, 0.25) is 0 Å². The Hall–Kier alpha value is -1.34. The Bertz CT molecular complexity index is 345. The number of rotatable bonds is 3. The summed E-state index contributed by atoms with van der Waals surface area (Å²) < 4.78 is 4.18. The Balaban J connectivity index is 0.000000366. The van der Waals surface area contributed by atoms with Crippen molar-refractivity contribution in [3.63, 3.8) is 0 Å². The van der Waals surface area contributed by atoms with Gasteiger partial charge < -0.3 is 15.6 Å². The van der Waals surface area contributed by atoms with Crippen LogP contribution in [0.3, 0.4) is 0 Å². The van der Waals surface area contributed by atoms with Crippen LogP contribution in [0.5, 0.6) is 0 Å². The molecule has 1 aromatic rings. The van der Waals surface area contributed by atoms with Gasteiger partial charge in [0, 0.05) is 15.7 Å². The molecule has 5 nitrogen and oxygen atoms in total. The van der Waals surface area contributed by atoms with Gasteiger partial charge in [0.05, 0.1) is 6.61 Å². The second-order valence-electron chi connectivity index (χ2n) is 2.50. The molecule has 3 N–H and O–H groups in total. The minimum Gasteiger partial charge on any atom is -0.473 e. The standard InChI is InChI=1S/C7H6O2S2.C3H7NO2/c8-7(9)11-10-6-4-2-1-3-5-6;1-2-6-3(4)5/h1-5H,(H,8,9);2H2,1H3,(H2,4,5). The molecule has 94 valence electrons. The molecular formula is C10H13NO4S2. The van der Waals surface area contributed by atoms with Crippen molar-refractivity contribution < 1.29 is 19.4 Å². The molecule has 0 aliphatic heterocycles. The summed E-state index contributed by atoms with van der Waals surface area (Å²) in [6, 6.07) is 9.41. The molecule has 0 aliphatic carbocycles. The fourth-order valence-electron chi connectivity index (χ4n) is 0.702. The maximum atomic E-state index is 10.1. The highest BCUT2D eigenvalue weighted by Crippen LogP contribution is 2.30. The zero-order valence-electron chi connectivity index (χ0n) is 9.16. The van der Waals surface area contributed by atoms with Crippen LogP contribution >= 0.6 is 21.6 Å². The first kappa shape index (κ1) is 15.7. The Labute approximate surface area is 107 Å². The van der Waals surface area contributed by atoms with E-state index in [1.807, 2.05) is 30.3 Å². The Kier molecular flexibility index (Phi) is 9.08. The van der Waals surface area contributed by atoms with Gasteiger partial charge in [0.15, 0.2) is 0 Å². The van der Waals surface area contributed by atoms with E-state index in [2.05, 4.69) is 10.5 Å². The first-order chi connectivity index (χ1) is 8.06. The average Bonchev–Trinajstić information content (AvgIpc) is 2.28.